The molecular formula is C18H17ClF4N4O2. The molecule has 6 nitrogen and oxygen atoms in total. The SMILES string of the molecule is C[C@@H]1CN([C@@H](C)c2ccc(F)cc2C(F)(F)F)C(=O)CN1c1cn[nH]c(=O)c1Cl. The molecule has 1 saturated heterocycles. The van der Waals surface area contributed by atoms with E-state index in [1.54, 1.807) is 11.8 Å². The zero-order valence-corrected chi connectivity index (χ0v) is 16.2. The van der Waals surface area contributed by atoms with Crippen molar-refractivity contribution in [2.24, 2.45) is 0 Å². The highest BCUT2D eigenvalue weighted by molar-refractivity contribution is 6.33. The van der Waals surface area contributed by atoms with Gasteiger partial charge in [0.2, 0.25) is 5.91 Å². The number of aromatic nitrogens is 2. The van der Waals surface area contributed by atoms with Gasteiger partial charge in [-0.15, -0.1) is 0 Å². The number of carbonyl (C=O) groups is 1. The summed E-state index contributed by atoms with van der Waals surface area (Å²) < 4.78 is 53.5. The van der Waals surface area contributed by atoms with Gasteiger partial charge < -0.3 is 9.80 Å². The quantitative estimate of drug-likeness (QED) is 0.755. The van der Waals surface area contributed by atoms with Crippen LogP contribution in [0.4, 0.5) is 23.2 Å². The molecular weight excluding hydrogens is 416 g/mol. The van der Waals surface area contributed by atoms with E-state index in [2.05, 4.69) is 10.2 Å². The molecule has 1 aromatic carbocycles. The van der Waals surface area contributed by atoms with Crippen molar-refractivity contribution in [3.05, 3.63) is 56.7 Å². The van der Waals surface area contributed by atoms with Crippen LogP contribution in [0.1, 0.15) is 31.0 Å². The van der Waals surface area contributed by atoms with E-state index in [-0.39, 0.29) is 35.4 Å². The van der Waals surface area contributed by atoms with Crippen molar-refractivity contribution < 1.29 is 22.4 Å². The van der Waals surface area contributed by atoms with Gasteiger partial charge in [-0.05, 0) is 31.5 Å². The minimum Gasteiger partial charge on any atom is -0.355 e. The van der Waals surface area contributed by atoms with E-state index in [0.717, 1.165) is 12.1 Å². The average Bonchev–Trinajstić information content (AvgIpc) is 2.64. The van der Waals surface area contributed by atoms with Crippen LogP contribution in [0.15, 0.2) is 29.2 Å². The number of nitrogens with zero attached hydrogens (tertiary/aromatic N) is 3. The van der Waals surface area contributed by atoms with E-state index >= 15 is 0 Å². The highest BCUT2D eigenvalue weighted by atomic mass is 35.5. The maximum Gasteiger partial charge on any atom is 0.416 e. The first-order chi connectivity index (χ1) is 13.5. The van der Waals surface area contributed by atoms with Crippen molar-refractivity contribution in [3.63, 3.8) is 0 Å². The van der Waals surface area contributed by atoms with Gasteiger partial charge in [0.05, 0.1) is 30.0 Å². The van der Waals surface area contributed by atoms with Crippen LogP contribution in [0.3, 0.4) is 0 Å². The zero-order chi connectivity index (χ0) is 21.5. The largest absolute Gasteiger partial charge is 0.416 e. The third-order valence-corrected chi connectivity index (χ3v) is 5.31. The molecule has 1 aliphatic rings. The minimum absolute atomic E-state index is 0.0812. The van der Waals surface area contributed by atoms with Crippen LogP contribution in [0.25, 0.3) is 0 Å². The third kappa shape index (κ3) is 4.07. The number of aromatic amines is 1. The van der Waals surface area contributed by atoms with Crippen molar-refractivity contribution in [1.82, 2.24) is 15.1 Å². The second-order valence-corrected chi connectivity index (χ2v) is 7.20. The van der Waals surface area contributed by atoms with Gasteiger partial charge in [0.25, 0.3) is 5.56 Å². The lowest BCUT2D eigenvalue weighted by molar-refractivity contribution is -0.141. The van der Waals surface area contributed by atoms with Crippen LogP contribution >= 0.6 is 11.6 Å². The van der Waals surface area contributed by atoms with E-state index in [1.807, 2.05) is 0 Å². The number of hydrogen-bond donors (Lipinski definition) is 1. The molecule has 1 aliphatic heterocycles. The number of amides is 1. The summed E-state index contributed by atoms with van der Waals surface area (Å²) in [5.74, 6) is -1.46. The fourth-order valence-corrected chi connectivity index (χ4v) is 3.65. The Balaban J connectivity index is 1.91. The summed E-state index contributed by atoms with van der Waals surface area (Å²) >= 11 is 6.01. The highest BCUT2D eigenvalue weighted by Crippen LogP contribution is 2.38. The molecule has 0 radical (unpaired) electrons. The topological polar surface area (TPSA) is 69.3 Å². The molecule has 2 aromatic rings. The Kier molecular flexibility index (Phi) is 5.57. The number of H-pyrrole nitrogens is 1. The first kappa shape index (κ1) is 21.1. The number of halogens is 5. The first-order valence-electron chi connectivity index (χ1n) is 8.66. The number of rotatable bonds is 3. The number of piperazine rings is 1. The molecule has 1 aromatic heterocycles. The van der Waals surface area contributed by atoms with Gasteiger partial charge in [-0.3, -0.25) is 9.59 Å². The fraction of sp³-hybridized carbons (Fsp3) is 0.389. The summed E-state index contributed by atoms with van der Waals surface area (Å²) in [6.45, 7) is 3.10. The maximum absolute atomic E-state index is 13.4. The van der Waals surface area contributed by atoms with E-state index in [9.17, 15) is 27.2 Å². The average molecular weight is 433 g/mol. The van der Waals surface area contributed by atoms with Crippen LogP contribution in [0, 0.1) is 5.82 Å². The summed E-state index contributed by atoms with van der Waals surface area (Å²) in [5, 5.41) is 5.74. The van der Waals surface area contributed by atoms with E-state index in [4.69, 9.17) is 11.6 Å². The number of carbonyl (C=O) groups excluding carboxylic acids is 1. The van der Waals surface area contributed by atoms with E-state index < -0.39 is 35.1 Å². The Morgan fingerprint density at radius 3 is 2.66 bits per heavy atom. The van der Waals surface area contributed by atoms with Crippen LogP contribution in [0.5, 0.6) is 0 Å². The molecule has 2 atom stereocenters. The molecule has 29 heavy (non-hydrogen) atoms. The molecule has 11 heteroatoms. The maximum atomic E-state index is 13.4. The number of alkyl halides is 3. The van der Waals surface area contributed by atoms with Crippen molar-refractivity contribution in [3.8, 4) is 0 Å². The summed E-state index contributed by atoms with van der Waals surface area (Å²) in [6, 6.07) is 1.12. The fourth-order valence-electron chi connectivity index (χ4n) is 3.45. The number of benzene rings is 1. The molecule has 1 fully saturated rings. The number of anilines is 1. The predicted octanol–water partition coefficient (Wildman–Crippen LogP) is 3.38. The highest BCUT2D eigenvalue weighted by Gasteiger charge is 2.39. The Hall–Kier alpha value is -2.62. The standard InChI is InChI=1S/C18H17ClF4N4O2/c1-9-7-27(10(2)12-4-3-11(20)5-13(12)18(21,22)23)15(28)8-26(9)14-6-24-25-17(29)16(14)19/h3-6,9-10H,7-8H2,1-2H3,(H,25,29)/t9-,10+/m1/s1. The van der Waals surface area contributed by atoms with Crippen LogP contribution < -0.4 is 10.5 Å². The molecule has 156 valence electrons. The third-order valence-electron chi connectivity index (χ3n) is 4.94. The minimum atomic E-state index is -4.76. The predicted molar refractivity (Wildman–Crippen MR) is 98.2 cm³/mol. The van der Waals surface area contributed by atoms with Gasteiger partial charge in [0, 0.05) is 12.6 Å². The van der Waals surface area contributed by atoms with Crippen LogP contribution in [-0.2, 0) is 11.0 Å². The summed E-state index contributed by atoms with van der Waals surface area (Å²) in [6.07, 6.45) is -3.44. The summed E-state index contributed by atoms with van der Waals surface area (Å²) in [5.41, 5.74) is -1.65. The molecule has 0 unspecified atom stereocenters. The van der Waals surface area contributed by atoms with Gasteiger partial charge in [0.1, 0.15) is 10.8 Å². The molecule has 0 bridgehead atoms. The lowest BCUT2D eigenvalue weighted by Gasteiger charge is -2.43. The van der Waals surface area contributed by atoms with Crippen molar-refractivity contribution in [2.45, 2.75) is 32.1 Å². The van der Waals surface area contributed by atoms with Gasteiger partial charge >= 0.3 is 6.18 Å². The van der Waals surface area contributed by atoms with E-state index in [1.165, 1.54) is 18.0 Å². The van der Waals surface area contributed by atoms with E-state index in [0.29, 0.717) is 6.07 Å². The Labute approximate surface area is 168 Å². The normalized spacial score (nSPS) is 18.9. The second kappa shape index (κ2) is 7.66. The molecule has 2 heterocycles. The van der Waals surface area contributed by atoms with Gasteiger partial charge in [-0.2, -0.15) is 18.3 Å². The van der Waals surface area contributed by atoms with Crippen molar-refractivity contribution >= 4 is 23.2 Å². The molecule has 1 amide bonds. The van der Waals surface area contributed by atoms with Gasteiger partial charge in [0.15, 0.2) is 0 Å². The molecule has 1 N–H and O–H groups in total. The zero-order valence-electron chi connectivity index (χ0n) is 15.4. The molecule has 3 rings (SSSR count). The smallest absolute Gasteiger partial charge is 0.355 e. The monoisotopic (exact) mass is 432 g/mol. The summed E-state index contributed by atoms with van der Waals surface area (Å²) in [4.78, 5) is 27.3. The Morgan fingerprint density at radius 2 is 2.00 bits per heavy atom. The molecule has 0 aliphatic carbocycles. The van der Waals surface area contributed by atoms with Crippen molar-refractivity contribution in [2.75, 3.05) is 18.0 Å². The van der Waals surface area contributed by atoms with Crippen LogP contribution in [0.2, 0.25) is 5.02 Å². The summed E-state index contributed by atoms with van der Waals surface area (Å²) in [7, 11) is 0. The van der Waals surface area contributed by atoms with Gasteiger partial charge in [-0.1, -0.05) is 17.7 Å². The Bertz CT molecular complexity index is 995. The molecule has 0 saturated carbocycles. The number of hydrogen-bond acceptors (Lipinski definition) is 4. The first-order valence-corrected chi connectivity index (χ1v) is 9.04. The second-order valence-electron chi connectivity index (χ2n) is 6.83. The van der Waals surface area contributed by atoms with Crippen molar-refractivity contribution in [1.29, 1.82) is 0 Å². The van der Waals surface area contributed by atoms with Crippen LogP contribution in [-0.4, -0.2) is 40.1 Å². The molecule has 0 spiro atoms. The number of nitrogens with one attached hydrogen (secondary N) is 1. The lowest BCUT2D eigenvalue weighted by atomic mass is 9.98. The Morgan fingerprint density at radius 1 is 1.31 bits per heavy atom. The lowest BCUT2D eigenvalue weighted by Crippen LogP contribution is -2.56. The van der Waals surface area contributed by atoms with Gasteiger partial charge in [-0.25, -0.2) is 9.49 Å².